The van der Waals surface area contributed by atoms with Gasteiger partial charge in [0.2, 0.25) is 6.08 Å². The van der Waals surface area contributed by atoms with Crippen molar-refractivity contribution in [3.63, 3.8) is 0 Å². The van der Waals surface area contributed by atoms with Crippen LogP contribution in [0.15, 0.2) is 29.3 Å². The molecule has 0 aliphatic rings. The summed E-state index contributed by atoms with van der Waals surface area (Å²) in [6, 6.07) is 7.49. The van der Waals surface area contributed by atoms with Crippen molar-refractivity contribution in [1.29, 1.82) is 0 Å². The maximum atomic E-state index is 10.9. The summed E-state index contributed by atoms with van der Waals surface area (Å²) in [5.41, 5.74) is 1.01. The van der Waals surface area contributed by atoms with Gasteiger partial charge in [-0.25, -0.2) is 4.79 Å². The van der Waals surface area contributed by atoms with Gasteiger partial charge < -0.3 is 4.74 Å². The van der Waals surface area contributed by atoms with Crippen LogP contribution in [0, 0.1) is 0 Å². The highest BCUT2D eigenvalue weighted by Crippen LogP contribution is 2.13. The highest BCUT2D eigenvalue weighted by atomic mass is 16.5. The minimum Gasteiger partial charge on any atom is -0.494 e. The van der Waals surface area contributed by atoms with Gasteiger partial charge in [0.05, 0.1) is 6.61 Å². The van der Waals surface area contributed by atoms with Gasteiger partial charge in [-0.2, -0.15) is 0 Å². The second-order valence-electron chi connectivity index (χ2n) is 3.17. The van der Waals surface area contributed by atoms with Gasteiger partial charge in [-0.1, -0.05) is 12.1 Å². The maximum Gasteiger partial charge on any atom is 0.256 e. The van der Waals surface area contributed by atoms with Gasteiger partial charge in [0, 0.05) is 6.42 Å². The Morgan fingerprint density at radius 2 is 2.06 bits per heavy atom. The van der Waals surface area contributed by atoms with Gasteiger partial charge >= 0.3 is 0 Å². The lowest BCUT2D eigenvalue weighted by molar-refractivity contribution is -0.117. The number of amides is 1. The van der Waals surface area contributed by atoms with E-state index in [1.54, 1.807) is 0 Å². The summed E-state index contributed by atoms with van der Waals surface area (Å²) >= 11 is 0. The van der Waals surface area contributed by atoms with Crippen LogP contribution in [0.2, 0.25) is 0 Å². The molecule has 0 radical (unpaired) electrons. The van der Waals surface area contributed by atoms with E-state index in [1.165, 1.54) is 6.08 Å². The Labute approximate surface area is 94.0 Å². The van der Waals surface area contributed by atoms with Gasteiger partial charge in [0.15, 0.2) is 0 Å². The van der Waals surface area contributed by atoms with Crippen LogP contribution in [0.4, 0.5) is 0 Å². The van der Waals surface area contributed by atoms with Crippen molar-refractivity contribution in [1.82, 2.24) is 0 Å². The molecule has 0 unspecified atom stereocenters. The monoisotopic (exact) mass is 219 g/mol. The topological polar surface area (TPSA) is 55.7 Å². The molecule has 0 atom stereocenters. The first-order valence-corrected chi connectivity index (χ1v) is 5.08. The first kappa shape index (κ1) is 12.1. The number of nitrogens with zero attached hydrogens (tertiary/aromatic N) is 1. The average molecular weight is 219 g/mol. The lowest BCUT2D eigenvalue weighted by atomic mass is 10.1. The molecule has 0 bridgehead atoms. The molecule has 0 fully saturated rings. The quantitative estimate of drug-likeness (QED) is 0.561. The van der Waals surface area contributed by atoms with Crippen LogP contribution in [0.25, 0.3) is 0 Å². The highest BCUT2D eigenvalue weighted by Gasteiger charge is 2.00. The third-order valence-electron chi connectivity index (χ3n) is 2.03. The SMILES string of the molecule is CCOc1ccc(CCC(=O)N=C=O)cc1. The Kier molecular flexibility index (Phi) is 4.96. The van der Waals surface area contributed by atoms with E-state index in [0.717, 1.165) is 11.3 Å². The van der Waals surface area contributed by atoms with Crippen LogP contribution in [0.1, 0.15) is 18.9 Å². The number of benzene rings is 1. The van der Waals surface area contributed by atoms with Gasteiger partial charge in [0.1, 0.15) is 5.75 Å². The van der Waals surface area contributed by atoms with Gasteiger partial charge in [0.25, 0.3) is 5.91 Å². The lowest BCUT2D eigenvalue weighted by Gasteiger charge is -2.03. The van der Waals surface area contributed by atoms with Crippen LogP contribution in [-0.4, -0.2) is 18.6 Å². The fraction of sp³-hybridized carbons (Fsp3) is 0.333. The Balaban J connectivity index is 2.49. The fourth-order valence-electron chi connectivity index (χ4n) is 1.28. The molecule has 0 aliphatic heterocycles. The molecule has 4 heteroatoms. The van der Waals surface area contributed by atoms with E-state index in [4.69, 9.17) is 4.74 Å². The van der Waals surface area contributed by atoms with E-state index < -0.39 is 5.91 Å². The summed E-state index contributed by atoms with van der Waals surface area (Å²) < 4.78 is 5.29. The van der Waals surface area contributed by atoms with Gasteiger partial charge in [-0.15, -0.1) is 4.99 Å². The van der Waals surface area contributed by atoms with Crippen LogP contribution in [0.3, 0.4) is 0 Å². The van der Waals surface area contributed by atoms with Gasteiger partial charge in [-0.05, 0) is 31.0 Å². The number of carbonyl (C=O) groups is 1. The van der Waals surface area contributed by atoms with Crippen molar-refractivity contribution >= 4 is 12.0 Å². The Morgan fingerprint density at radius 3 is 2.62 bits per heavy atom. The van der Waals surface area contributed by atoms with Crippen molar-refractivity contribution in [3.8, 4) is 5.75 Å². The smallest absolute Gasteiger partial charge is 0.256 e. The summed E-state index contributed by atoms with van der Waals surface area (Å²) in [5, 5.41) is 0. The summed E-state index contributed by atoms with van der Waals surface area (Å²) in [6.45, 7) is 2.55. The summed E-state index contributed by atoms with van der Waals surface area (Å²) in [5.74, 6) is 0.368. The molecule has 1 aromatic carbocycles. The number of hydrogen-bond donors (Lipinski definition) is 0. The second-order valence-corrected chi connectivity index (χ2v) is 3.17. The van der Waals surface area contributed by atoms with Crippen molar-refractivity contribution in [2.24, 2.45) is 4.99 Å². The number of rotatable bonds is 5. The zero-order valence-electron chi connectivity index (χ0n) is 9.10. The molecule has 0 aromatic heterocycles. The first-order chi connectivity index (χ1) is 7.76. The second kappa shape index (κ2) is 6.53. The van der Waals surface area contributed by atoms with E-state index in [9.17, 15) is 9.59 Å². The molecule has 0 spiro atoms. The number of aliphatic imine (C=N–C) groups is 1. The molecule has 4 nitrogen and oxygen atoms in total. The van der Waals surface area contributed by atoms with Crippen LogP contribution in [-0.2, 0) is 16.0 Å². The molecular formula is C12H13NO3. The summed E-state index contributed by atoms with van der Waals surface area (Å²) in [4.78, 5) is 23.8. The standard InChI is InChI=1S/C12H13NO3/c1-2-16-11-6-3-10(4-7-11)5-8-12(15)13-9-14/h3-4,6-7H,2,5,8H2,1H3. The molecular weight excluding hydrogens is 206 g/mol. The predicted molar refractivity (Wildman–Crippen MR) is 59.1 cm³/mol. The van der Waals surface area contributed by atoms with Crippen molar-refractivity contribution in [2.45, 2.75) is 19.8 Å². The first-order valence-electron chi connectivity index (χ1n) is 5.08. The molecule has 1 amide bonds. The van der Waals surface area contributed by atoms with Crippen LogP contribution in [0.5, 0.6) is 5.75 Å². The largest absolute Gasteiger partial charge is 0.494 e. The third-order valence-corrected chi connectivity index (χ3v) is 2.03. The maximum absolute atomic E-state index is 10.9. The van der Waals surface area contributed by atoms with Crippen molar-refractivity contribution in [3.05, 3.63) is 29.8 Å². The predicted octanol–water partition coefficient (Wildman–Crippen LogP) is 1.88. The minimum absolute atomic E-state index is 0.225. The normalized spacial score (nSPS) is 9.31. The zero-order valence-corrected chi connectivity index (χ0v) is 9.10. The van der Waals surface area contributed by atoms with Crippen molar-refractivity contribution in [2.75, 3.05) is 6.61 Å². The van der Waals surface area contributed by atoms with E-state index in [-0.39, 0.29) is 6.42 Å². The third kappa shape index (κ3) is 4.07. The van der Waals surface area contributed by atoms with E-state index in [2.05, 4.69) is 4.99 Å². The fourth-order valence-corrected chi connectivity index (χ4v) is 1.28. The molecule has 84 valence electrons. The number of hydrogen-bond acceptors (Lipinski definition) is 3. The molecule has 0 saturated heterocycles. The summed E-state index contributed by atoms with van der Waals surface area (Å²) in [6.07, 6.45) is 2.03. The van der Waals surface area contributed by atoms with Crippen LogP contribution < -0.4 is 4.74 Å². The van der Waals surface area contributed by atoms with E-state index >= 15 is 0 Å². The number of carbonyl (C=O) groups excluding carboxylic acids is 2. The highest BCUT2D eigenvalue weighted by molar-refractivity contribution is 5.81. The molecule has 1 aromatic rings. The van der Waals surface area contributed by atoms with Gasteiger partial charge in [-0.3, -0.25) is 4.79 Å². The molecule has 0 aliphatic carbocycles. The van der Waals surface area contributed by atoms with Crippen LogP contribution >= 0.6 is 0 Å². The number of isocyanates is 1. The summed E-state index contributed by atoms with van der Waals surface area (Å²) in [7, 11) is 0. The Bertz CT molecular complexity index is 391. The number of ether oxygens (including phenoxy) is 1. The Hall–Kier alpha value is -1.93. The number of aryl methyl sites for hydroxylation is 1. The molecule has 1 rings (SSSR count). The minimum atomic E-state index is -0.441. The Morgan fingerprint density at radius 1 is 1.38 bits per heavy atom. The molecule has 0 N–H and O–H groups in total. The average Bonchev–Trinajstić information content (AvgIpc) is 2.29. The van der Waals surface area contributed by atoms with E-state index in [0.29, 0.717) is 13.0 Å². The van der Waals surface area contributed by atoms with E-state index in [1.807, 2.05) is 31.2 Å². The molecule has 0 heterocycles. The molecule has 16 heavy (non-hydrogen) atoms. The lowest BCUT2D eigenvalue weighted by Crippen LogP contribution is -1.96. The van der Waals surface area contributed by atoms with Crippen molar-refractivity contribution < 1.29 is 14.3 Å². The molecule has 0 saturated carbocycles. The zero-order chi connectivity index (χ0) is 11.8.